The number of rotatable bonds is 6. The van der Waals surface area contributed by atoms with Gasteiger partial charge in [0.2, 0.25) is 11.8 Å². The van der Waals surface area contributed by atoms with Gasteiger partial charge in [-0.2, -0.15) is 0 Å². The number of carbonyl (C=O) groups excluding carboxylic acids is 1. The summed E-state index contributed by atoms with van der Waals surface area (Å²) in [5.74, 6) is 0.960. The molecule has 3 N–H and O–H groups in total. The Balaban J connectivity index is 2.06. The van der Waals surface area contributed by atoms with Gasteiger partial charge in [-0.15, -0.1) is 0 Å². The van der Waals surface area contributed by atoms with Crippen molar-refractivity contribution in [3.05, 3.63) is 42.4 Å². The molecule has 0 aliphatic heterocycles. The van der Waals surface area contributed by atoms with E-state index in [0.29, 0.717) is 18.1 Å². The van der Waals surface area contributed by atoms with E-state index in [1.807, 2.05) is 44.2 Å². The summed E-state index contributed by atoms with van der Waals surface area (Å²) in [6.07, 6.45) is 3.15. The van der Waals surface area contributed by atoms with E-state index in [1.54, 1.807) is 13.1 Å². The summed E-state index contributed by atoms with van der Waals surface area (Å²) in [5.41, 5.74) is 6.11. The summed E-state index contributed by atoms with van der Waals surface area (Å²) >= 11 is 0. The molecule has 5 heteroatoms. The van der Waals surface area contributed by atoms with Gasteiger partial charge in [0.1, 0.15) is 6.04 Å². The van der Waals surface area contributed by atoms with Gasteiger partial charge >= 0.3 is 0 Å². The van der Waals surface area contributed by atoms with Gasteiger partial charge in [-0.3, -0.25) is 4.79 Å². The van der Waals surface area contributed by atoms with Crippen LogP contribution >= 0.6 is 0 Å². The van der Waals surface area contributed by atoms with Crippen LogP contribution in [-0.2, 0) is 4.79 Å². The van der Waals surface area contributed by atoms with Crippen molar-refractivity contribution in [2.75, 3.05) is 0 Å². The van der Waals surface area contributed by atoms with Crippen molar-refractivity contribution in [1.82, 2.24) is 10.3 Å². The van der Waals surface area contributed by atoms with Gasteiger partial charge in [0.15, 0.2) is 5.76 Å². The molecular weight excluding hydrogens is 278 g/mol. The van der Waals surface area contributed by atoms with E-state index >= 15 is 0 Å². The first-order valence-electron chi connectivity index (χ1n) is 7.55. The fourth-order valence-electron chi connectivity index (χ4n) is 2.28. The lowest BCUT2D eigenvalue weighted by Crippen LogP contribution is -2.52. The molecule has 0 aliphatic carbocycles. The molecule has 2 rings (SSSR count). The molecule has 1 amide bonds. The predicted molar refractivity (Wildman–Crippen MR) is 86.0 cm³/mol. The van der Waals surface area contributed by atoms with E-state index in [4.69, 9.17) is 10.2 Å². The largest absolute Gasteiger partial charge is 0.438 e. The van der Waals surface area contributed by atoms with Crippen LogP contribution in [0.15, 0.2) is 40.9 Å². The highest BCUT2D eigenvalue weighted by molar-refractivity contribution is 5.85. The van der Waals surface area contributed by atoms with Crippen molar-refractivity contribution in [3.8, 4) is 11.3 Å². The Bertz CT molecular complexity index is 620. The standard InChI is InChI=1S/C17H23N3O2/c1-4-10-17(3,18)16(21)20-12(2)15-19-11-14(22-15)13-8-6-5-7-9-13/h5-9,11-12H,4,10,18H2,1-3H3,(H,20,21). The smallest absolute Gasteiger partial charge is 0.240 e. The molecule has 1 heterocycles. The zero-order chi connectivity index (χ0) is 16.2. The Morgan fingerprint density at radius 2 is 2.09 bits per heavy atom. The van der Waals surface area contributed by atoms with Crippen molar-refractivity contribution in [1.29, 1.82) is 0 Å². The van der Waals surface area contributed by atoms with Crippen LogP contribution in [0.4, 0.5) is 0 Å². The Morgan fingerprint density at radius 3 is 2.73 bits per heavy atom. The number of nitrogens with two attached hydrogens (primary N) is 1. The molecule has 0 spiro atoms. The average molecular weight is 301 g/mol. The summed E-state index contributed by atoms with van der Waals surface area (Å²) < 4.78 is 5.74. The predicted octanol–water partition coefficient (Wildman–Crippen LogP) is 3.04. The molecule has 0 saturated carbocycles. The number of aromatic nitrogens is 1. The SMILES string of the molecule is CCCC(C)(N)C(=O)NC(C)c1ncc(-c2ccccc2)o1. The summed E-state index contributed by atoms with van der Waals surface area (Å²) in [7, 11) is 0. The topological polar surface area (TPSA) is 81.2 Å². The minimum absolute atomic E-state index is 0.193. The van der Waals surface area contributed by atoms with Crippen molar-refractivity contribution in [3.63, 3.8) is 0 Å². The fourth-order valence-corrected chi connectivity index (χ4v) is 2.28. The van der Waals surface area contributed by atoms with Crippen LogP contribution in [0.1, 0.15) is 45.5 Å². The van der Waals surface area contributed by atoms with Gasteiger partial charge in [0.25, 0.3) is 0 Å². The number of hydrogen-bond acceptors (Lipinski definition) is 4. The van der Waals surface area contributed by atoms with Gasteiger partial charge < -0.3 is 15.5 Å². The lowest BCUT2D eigenvalue weighted by molar-refractivity contribution is -0.126. The van der Waals surface area contributed by atoms with Gasteiger partial charge in [0, 0.05) is 5.56 Å². The average Bonchev–Trinajstić information content (AvgIpc) is 2.98. The highest BCUT2D eigenvalue weighted by Crippen LogP contribution is 2.23. The maximum Gasteiger partial charge on any atom is 0.240 e. The van der Waals surface area contributed by atoms with Crippen LogP contribution in [0.2, 0.25) is 0 Å². The first kappa shape index (κ1) is 16.2. The van der Waals surface area contributed by atoms with Gasteiger partial charge in [0.05, 0.1) is 11.7 Å². The molecule has 0 fully saturated rings. The lowest BCUT2D eigenvalue weighted by atomic mass is 9.96. The normalized spacial score (nSPS) is 15.1. The van der Waals surface area contributed by atoms with E-state index in [0.717, 1.165) is 12.0 Å². The molecule has 0 radical (unpaired) electrons. The molecular formula is C17H23N3O2. The monoisotopic (exact) mass is 301 g/mol. The Hall–Kier alpha value is -2.14. The van der Waals surface area contributed by atoms with E-state index in [2.05, 4.69) is 10.3 Å². The van der Waals surface area contributed by atoms with E-state index in [-0.39, 0.29) is 11.9 Å². The number of oxazole rings is 1. The van der Waals surface area contributed by atoms with Gasteiger partial charge in [-0.05, 0) is 20.3 Å². The summed E-state index contributed by atoms with van der Waals surface area (Å²) in [6, 6.07) is 9.39. The molecule has 0 aliphatic rings. The first-order valence-corrected chi connectivity index (χ1v) is 7.55. The zero-order valence-electron chi connectivity index (χ0n) is 13.3. The number of amides is 1. The molecule has 0 saturated heterocycles. The van der Waals surface area contributed by atoms with Gasteiger partial charge in [-0.1, -0.05) is 43.7 Å². The van der Waals surface area contributed by atoms with Crippen LogP contribution in [-0.4, -0.2) is 16.4 Å². The molecule has 0 bridgehead atoms. The Labute approximate surface area is 130 Å². The second-order valence-corrected chi connectivity index (χ2v) is 5.79. The maximum atomic E-state index is 12.2. The highest BCUT2D eigenvalue weighted by atomic mass is 16.4. The second kappa shape index (κ2) is 6.75. The van der Waals surface area contributed by atoms with E-state index in [9.17, 15) is 4.79 Å². The van der Waals surface area contributed by atoms with Crippen molar-refractivity contribution in [2.45, 2.75) is 45.2 Å². The molecule has 5 nitrogen and oxygen atoms in total. The highest BCUT2D eigenvalue weighted by Gasteiger charge is 2.29. The van der Waals surface area contributed by atoms with Crippen LogP contribution < -0.4 is 11.1 Å². The van der Waals surface area contributed by atoms with Crippen LogP contribution in [0.5, 0.6) is 0 Å². The Kier molecular flexibility index (Phi) is 4.98. The summed E-state index contributed by atoms with van der Waals surface area (Å²) in [4.78, 5) is 16.5. The van der Waals surface area contributed by atoms with Crippen molar-refractivity contribution < 1.29 is 9.21 Å². The first-order chi connectivity index (χ1) is 10.4. The van der Waals surface area contributed by atoms with E-state index < -0.39 is 5.54 Å². The minimum atomic E-state index is -0.877. The molecule has 1 aromatic heterocycles. The van der Waals surface area contributed by atoms with Crippen molar-refractivity contribution >= 4 is 5.91 Å². The number of nitrogens with one attached hydrogen (secondary N) is 1. The summed E-state index contributed by atoms with van der Waals surface area (Å²) in [5, 5.41) is 2.87. The van der Waals surface area contributed by atoms with E-state index in [1.165, 1.54) is 0 Å². The minimum Gasteiger partial charge on any atom is -0.438 e. The number of hydrogen-bond donors (Lipinski definition) is 2. The second-order valence-electron chi connectivity index (χ2n) is 5.79. The molecule has 118 valence electrons. The number of nitrogens with zero attached hydrogens (tertiary/aromatic N) is 1. The third-order valence-corrected chi connectivity index (χ3v) is 3.59. The van der Waals surface area contributed by atoms with Gasteiger partial charge in [-0.25, -0.2) is 4.98 Å². The third kappa shape index (κ3) is 3.74. The molecule has 2 aromatic rings. The molecule has 22 heavy (non-hydrogen) atoms. The van der Waals surface area contributed by atoms with Crippen LogP contribution in [0, 0.1) is 0 Å². The third-order valence-electron chi connectivity index (χ3n) is 3.59. The summed E-state index contributed by atoms with van der Waals surface area (Å²) in [6.45, 7) is 5.58. The fraction of sp³-hybridized carbons (Fsp3) is 0.412. The Morgan fingerprint density at radius 1 is 1.41 bits per heavy atom. The molecule has 2 unspecified atom stereocenters. The zero-order valence-corrected chi connectivity index (χ0v) is 13.3. The molecule has 1 aromatic carbocycles. The number of benzene rings is 1. The van der Waals surface area contributed by atoms with Crippen LogP contribution in [0.25, 0.3) is 11.3 Å². The molecule has 2 atom stereocenters. The lowest BCUT2D eigenvalue weighted by Gasteiger charge is -2.24. The number of carbonyl (C=O) groups is 1. The van der Waals surface area contributed by atoms with Crippen molar-refractivity contribution in [2.24, 2.45) is 5.73 Å². The quantitative estimate of drug-likeness (QED) is 0.859. The van der Waals surface area contributed by atoms with Crippen LogP contribution in [0.3, 0.4) is 0 Å². The maximum absolute atomic E-state index is 12.2.